The molecule has 5 aliphatic rings. The molecule has 1 heterocycles. The highest BCUT2D eigenvalue weighted by Crippen LogP contribution is 2.55. The summed E-state index contributed by atoms with van der Waals surface area (Å²) in [5.41, 5.74) is 11.9. The fourth-order valence-electron chi connectivity index (χ4n) is 19.6. The molecule has 4 aliphatic carbocycles. The number of morpholine rings is 1. The molecule has 1 aliphatic heterocycles. The van der Waals surface area contributed by atoms with Crippen LogP contribution in [0.2, 0.25) is 0 Å². The second-order valence-electron chi connectivity index (χ2n) is 38.3. The van der Waals surface area contributed by atoms with E-state index in [1.165, 1.54) is 95.5 Å². The number of aliphatic hydroxyl groups excluding tert-OH is 1. The maximum atomic E-state index is 12.0. The molecule has 2 unspecified atom stereocenters. The quantitative estimate of drug-likeness (QED) is 0.0161. The number of allylic oxidation sites excluding steroid dienone is 6. The molecule has 10 atom stereocenters. The van der Waals surface area contributed by atoms with Gasteiger partial charge in [0.1, 0.15) is 51.8 Å². The average molecular weight is 1640 g/mol. The molecule has 12 nitrogen and oxygen atoms in total. The number of Topliss-reactive ketones (excluding diaryl/α,β-unsaturated/α-hetero) is 1. The van der Waals surface area contributed by atoms with Gasteiger partial charge in [-0.15, -0.1) is 0 Å². The fourth-order valence-corrected chi connectivity index (χ4v) is 19.6. The van der Waals surface area contributed by atoms with Crippen LogP contribution in [0.15, 0.2) is 109 Å². The molecule has 9 rings (SSSR count). The summed E-state index contributed by atoms with van der Waals surface area (Å²) in [6, 6.07) is 15.3. The minimum atomic E-state index is -0.390. The van der Waals surface area contributed by atoms with Gasteiger partial charge in [-0.2, -0.15) is 0 Å². The van der Waals surface area contributed by atoms with Crippen molar-refractivity contribution >= 4 is 5.78 Å². The second-order valence-corrected chi connectivity index (χ2v) is 38.3. The number of ketones is 1. The monoisotopic (exact) mass is 1640 g/mol. The number of ether oxygens (including phenoxy) is 1. The topological polar surface area (TPSA) is 212 Å². The van der Waals surface area contributed by atoms with Crippen LogP contribution in [0.4, 0.5) is 0 Å². The number of benzene rings is 4. The molecule has 12 heteroatoms. The zero-order valence-corrected chi connectivity index (χ0v) is 74.5. The number of phenols is 8. The van der Waals surface area contributed by atoms with Crippen molar-refractivity contribution in [3.05, 3.63) is 153 Å². The van der Waals surface area contributed by atoms with Crippen molar-refractivity contribution in [1.82, 2.24) is 4.90 Å². The van der Waals surface area contributed by atoms with Crippen molar-refractivity contribution in [1.29, 1.82) is 0 Å². The average Bonchev–Trinajstić information content (AvgIpc) is 0.788. The minimum absolute atomic E-state index is 0. The molecule has 0 aromatic heterocycles. The van der Waals surface area contributed by atoms with E-state index in [0.717, 1.165) is 173 Å². The Morgan fingerprint density at radius 3 is 0.983 bits per heavy atom. The summed E-state index contributed by atoms with van der Waals surface area (Å²) in [5, 5.41) is 97.6. The maximum absolute atomic E-state index is 12.0. The number of aliphatic hydroxyl groups is 1. The van der Waals surface area contributed by atoms with Crippen LogP contribution < -0.4 is 0 Å². The van der Waals surface area contributed by atoms with Crippen LogP contribution in [-0.4, -0.2) is 95.1 Å². The number of rotatable bonds is 33. The first-order valence-electron chi connectivity index (χ1n) is 44.8. The van der Waals surface area contributed by atoms with Crippen LogP contribution in [-0.2, 0) is 31.2 Å². The molecule has 4 saturated carbocycles. The molecule has 118 heavy (non-hydrogen) atoms. The van der Waals surface area contributed by atoms with Gasteiger partial charge in [-0.25, -0.2) is 0 Å². The van der Waals surface area contributed by atoms with E-state index in [1.54, 1.807) is 12.1 Å². The third-order valence-corrected chi connectivity index (χ3v) is 27.3. The second kappa shape index (κ2) is 50.2. The number of carbonyl (C=O) groups excluding carboxylic acids is 1. The lowest BCUT2D eigenvalue weighted by Gasteiger charge is -2.43. The van der Waals surface area contributed by atoms with Gasteiger partial charge in [0.15, 0.2) is 0 Å². The largest absolute Gasteiger partial charge is 0.508 e. The summed E-state index contributed by atoms with van der Waals surface area (Å²) in [6.07, 6.45) is 35.3. The smallest absolute Gasteiger partial charge is 0.133 e. The van der Waals surface area contributed by atoms with Crippen molar-refractivity contribution < 1.29 is 55.5 Å². The van der Waals surface area contributed by atoms with Gasteiger partial charge in [0.05, 0.1) is 19.3 Å². The number of carbonyl (C=O) groups is 1. The van der Waals surface area contributed by atoms with Gasteiger partial charge >= 0.3 is 0 Å². The zero-order valence-electron chi connectivity index (χ0n) is 74.5. The van der Waals surface area contributed by atoms with E-state index in [2.05, 4.69) is 141 Å². The van der Waals surface area contributed by atoms with Crippen LogP contribution in [0.25, 0.3) is 0 Å². The Labute approximate surface area is 721 Å². The Balaban J connectivity index is 0.000000529. The van der Waals surface area contributed by atoms with Gasteiger partial charge in [0, 0.05) is 72.0 Å². The predicted molar refractivity (Wildman–Crippen MR) is 504 cm³/mol. The SMILES string of the molecule is C.C.C.C.C=C(C)[C@H]1CCC(=CC)C[C@@H]1c1c(O)cc(C(C)(C)CCCCCC)cc1O.C=C(C)[C@H]1CCC(=O)C[C@@H]1c1c(O)cc(C(C)(C)CCCCCC)cc1O.C=C(C)[C@H]1CCC(N2CCOCC2)C[C@@H]1c1c(O)cc(C(C)(C)CCCCCC)cc1O.C=C(C)[C@H]1CCC(O)C[C@@H]1c1c(O)cc(C(C)(C)CCCCCC)cc1O. The molecule has 0 radical (unpaired) electrons. The van der Waals surface area contributed by atoms with Crippen molar-refractivity contribution in [2.75, 3.05) is 26.3 Å². The minimum Gasteiger partial charge on any atom is -0.508 e. The van der Waals surface area contributed by atoms with E-state index in [-0.39, 0.29) is 151 Å². The molecule has 1 saturated heterocycles. The number of phenolic OH excluding ortho intramolecular Hbond substituents is 8. The third kappa shape index (κ3) is 30.0. The Kier molecular flexibility index (Phi) is 45.8. The van der Waals surface area contributed by atoms with E-state index < -0.39 is 0 Å². The Morgan fingerprint density at radius 2 is 0.678 bits per heavy atom. The predicted octanol–water partition coefficient (Wildman–Crippen LogP) is 29.3. The molecule has 0 amide bonds. The first-order chi connectivity index (χ1) is 53.8. The molecule has 0 spiro atoms. The van der Waals surface area contributed by atoms with E-state index in [4.69, 9.17) is 4.74 Å². The normalized spacial score (nSPS) is 22.1. The van der Waals surface area contributed by atoms with Crippen LogP contribution in [0.5, 0.6) is 46.0 Å². The lowest BCUT2D eigenvalue weighted by atomic mass is 9.69. The first kappa shape index (κ1) is 108. The van der Waals surface area contributed by atoms with Crippen LogP contribution in [0, 0.1) is 23.7 Å². The summed E-state index contributed by atoms with van der Waals surface area (Å²) < 4.78 is 5.55. The molecule has 9 N–H and O–H groups in total. The van der Waals surface area contributed by atoms with Gasteiger partial charge < -0.3 is 50.7 Å². The van der Waals surface area contributed by atoms with Crippen molar-refractivity contribution in [2.45, 2.75) is 410 Å². The van der Waals surface area contributed by atoms with Gasteiger partial charge in [-0.3, -0.25) is 9.69 Å². The fraction of sp³-hybridized carbons (Fsp3) is 0.670. The molecule has 0 bridgehead atoms. The zero-order chi connectivity index (χ0) is 84.6. The van der Waals surface area contributed by atoms with Gasteiger partial charge in [-0.1, -0.05) is 276 Å². The summed E-state index contributed by atoms with van der Waals surface area (Å²) in [6.45, 7) is 56.8. The Hall–Kier alpha value is -6.47. The summed E-state index contributed by atoms with van der Waals surface area (Å²) in [5.74, 6) is 2.49. The lowest BCUT2D eigenvalue weighted by Crippen LogP contribution is -2.46. The van der Waals surface area contributed by atoms with E-state index >= 15 is 0 Å². The van der Waals surface area contributed by atoms with Crippen molar-refractivity contribution in [3.63, 3.8) is 0 Å². The summed E-state index contributed by atoms with van der Waals surface area (Å²) in [7, 11) is 0. The molecule has 5 fully saturated rings. The van der Waals surface area contributed by atoms with Crippen molar-refractivity contribution in [2.24, 2.45) is 23.7 Å². The number of hydrogen-bond donors (Lipinski definition) is 9. The Bertz CT molecular complexity index is 3690. The van der Waals surface area contributed by atoms with E-state index in [1.807, 2.05) is 50.2 Å². The number of unbranched alkanes of at least 4 members (excludes halogenated alkanes) is 12. The van der Waals surface area contributed by atoms with E-state index in [9.17, 15) is 50.8 Å². The third-order valence-electron chi connectivity index (χ3n) is 27.3. The number of aromatic hydroxyl groups is 8. The first-order valence-corrected chi connectivity index (χ1v) is 44.8. The van der Waals surface area contributed by atoms with Gasteiger partial charge in [-0.05, 0) is 247 Å². The van der Waals surface area contributed by atoms with Crippen molar-refractivity contribution in [3.8, 4) is 46.0 Å². The summed E-state index contributed by atoms with van der Waals surface area (Å²) >= 11 is 0. The van der Waals surface area contributed by atoms with Crippen LogP contribution >= 0.6 is 0 Å². The highest BCUT2D eigenvalue weighted by Gasteiger charge is 2.42. The standard InChI is InChI=1S/C28H45NO3.C26H40O2.C24H38O3.C24H36O3.4CH4/c1-6-7-8-9-12-28(4,5)21-17-25(30)27(26(31)18-21)24-19-22(10-11-23(24)20(2)3)29-13-15-32-16-14-29;1-7-9-10-11-14-26(5,6)20-16-23(27)25(24(28)17-20)22-15-19(8-2)12-13-21(22)18(3)4;2*1-6-7-8-9-12-24(4,5)17-13-21(26)23(22(27)14-17)20-15-18(25)10-11-19(20)16(2)3;;;;/h17-18,22-24,30-31H,2,6-16,19H2,1,3-5H3;8,16-17,21-22,27-28H,3,7,9-15H2,1-2,4-6H3;13-14,18-20,25-27H,2,6-12,15H2,1,3-5H3;13-14,19-20,26-27H,2,6-12,15H2,1,3-5H3;4*1H4/t22?,23-,24+;21-,22+;18?,19-,20+;19-,20+;;;;/m1111..../s1. The number of hydrogen-bond acceptors (Lipinski definition) is 12. The molecule has 4 aromatic carbocycles. The van der Waals surface area contributed by atoms with Gasteiger partial charge in [0.25, 0.3) is 0 Å². The molecular weight excluding hydrogens is 1460 g/mol. The highest BCUT2D eigenvalue weighted by atomic mass is 16.5. The Morgan fingerprint density at radius 1 is 0.398 bits per heavy atom. The summed E-state index contributed by atoms with van der Waals surface area (Å²) in [4.78, 5) is 14.6. The van der Waals surface area contributed by atoms with Crippen LogP contribution in [0.3, 0.4) is 0 Å². The molecular formula is C106H175NO11. The van der Waals surface area contributed by atoms with Gasteiger partial charge in [0.2, 0.25) is 0 Å². The molecule has 670 valence electrons. The number of nitrogens with zero attached hydrogens (tertiary/aromatic N) is 1. The molecule has 4 aromatic rings. The maximum Gasteiger partial charge on any atom is 0.133 e. The highest BCUT2D eigenvalue weighted by molar-refractivity contribution is 5.81. The van der Waals surface area contributed by atoms with Crippen LogP contribution in [0.1, 0.15) is 421 Å². The lowest BCUT2D eigenvalue weighted by molar-refractivity contribution is -0.121. The van der Waals surface area contributed by atoms with E-state index in [0.29, 0.717) is 47.9 Å².